The van der Waals surface area contributed by atoms with Gasteiger partial charge in [-0.25, -0.2) is 0 Å². The lowest BCUT2D eigenvalue weighted by atomic mass is 9.98. The summed E-state index contributed by atoms with van der Waals surface area (Å²) in [6, 6.07) is 11.8. The van der Waals surface area contributed by atoms with Crippen LogP contribution in [0, 0.1) is 5.92 Å². The molecule has 0 spiro atoms. The second-order valence-electron chi connectivity index (χ2n) is 5.89. The predicted molar refractivity (Wildman–Crippen MR) is 75.6 cm³/mol. The van der Waals surface area contributed by atoms with Crippen LogP contribution < -0.4 is 5.73 Å². The first kappa shape index (κ1) is 12.2. The van der Waals surface area contributed by atoms with Crippen molar-refractivity contribution in [3.8, 4) is 0 Å². The molecule has 1 heterocycles. The van der Waals surface area contributed by atoms with Crippen LogP contribution in [0.4, 0.5) is 0 Å². The van der Waals surface area contributed by atoms with Crippen molar-refractivity contribution in [1.29, 1.82) is 0 Å². The Morgan fingerprint density at radius 2 is 1.94 bits per heavy atom. The molecule has 2 heteroatoms. The molecule has 2 nitrogen and oxygen atoms in total. The molecule has 1 saturated carbocycles. The van der Waals surface area contributed by atoms with E-state index in [0.717, 1.165) is 24.4 Å². The zero-order valence-electron chi connectivity index (χ0n) is 11.1. The SMILES string of the molecule is NCC1CCCC1N1CCC(c2ccccc2)C1. The Morgan fingerprint density at radius 3 is 2.72 bits per heavy atom. The summed E-state index contributed by atoms with van der Waals surface area (Å²) in [5.74, 6) is 1.49. The molecule has 3 rings (SSSR count). The summed E-state index contributed by atoms with van der Waals surface area (Å²) in [4.78, 5) is 2.71. The Hall–Kier alpha value is -0.860. The van der Waals surface area contributed by atoms with Crippen LogP contribution in [-0.2, 0) is 0 Å². The summed E-state index contributed by atoms with van der Waals surface area (Å²) >= 11 is 0. The fourth-order valence-corrected chi connectivity index (χ4v) is 3.86. The van der Waals surface area contributed by atoms with Crippen LogP contribution in [0.5, 0.6) is 0 Å². The van der Waals surface area contributed by atoms with Crippen LogP contribution in [0.3, 0.4) is 0 Å². The standard InChI is InChI=1S/C16H24N2/c17-11-14-7-4-8-16(14)18-10-9-15(12-18)13-5-2-1-3-6-13/h1-3,5-6,14-16H,4,7-12,17H2. The van der Waals surface area contributed by atoms with Gasteiger partial charge in [-0.05, 0) is 49.8 Å². The van der Waals surface area contributed by atoms with Gasteiger partial charge in [0.1, 0.15) is 0 Å². The molecule has 3 unspecified atom stereocenters. The van der Waals surface area contributed by atoms with Gasteiger partial charge in [0.05, 0.1) is 0 Å². The molecule has 0 bridgehead atoms. The third kappa shape index (κ3) is 2.32. The maximum Gasteiger partial charge on any atom is 0.0136 e. The zero-order chi connectivity index (χ0) is 12.4. The minimum atomic E-state index is 0.741. The summed E-state index contributed by atoms with van der Waals surface area (Å²) in [5, 5.41) is 0. The molecule has 2 fully saturated rings. The highest BCUT2D eigenvalue weighted by Crippen LogP contribution is 2.35. The van der Waals surface area contributed by atoms with E-state index in [9.17, 15) is 0 Å². The van der Waals surface area contributed by atoms with Gasteiger partial charge >= 0.3 is 0 Å². The zero-order valence-corrected chi connectivity index (χ0v) is 11.1. The van der Waals surface area contributed by atoms with Gasteiger partial charge in [-0.3, -0.25) is 4.90 Å². The van der Waals surface area contributed by atoms with Crippen LogP contribution in [0.2, 0.25) is 0 Å². The van der Waals surface area contributed by atoms with E-state index in [2.05, 4.69) is 35.2 Å². The highest BCUT2D eigenvalue weighted by molar-refractivity contribution is 5.21. The molecule has 2 N–H and O–H groups in total. The molecule has 1 aromatic rings. The van der Waals surface area contributed by atoms with Gasteiger partial charge in [0.2, 0.25) is 0 Å². The van der Waals surface area contributed by atoms with Crippen LogP contribution in [0.25, 0.3) is 0 Å². The predicted octanol–water partition coefficient (Wildman–Crippen LogP) is 2.60. The summed E-state index contributed by atoms with van der Waals surface area (Å²) in [5.41, 5.74) is 7.43. The van der Waals surface area contributed by atoms with Crippen molar-refractivity contribution >= 4 is 0 Å². The molecule has 1 aromatic carbocycles. The monoisotopic (exact) mass is 244 g/mol. The van der Waals surface area contributed by atoms with Crippen molar-refractivity contribution < 1.29 is 0 Å². The Labute approximate surface area is 110 Å². The largest absolute Gasteiger partial charge is 0.330 e. The summed E-state index contributed by atoms with van der Waals surface area (Å²) in [6.45, 7) is 3.38. The summed E-state index contributed by atoms with van der Waals surface area (Å²) in [6.07, 6.45) is 5.40. The molecular formula is C16H24N2. The van der Waals surface area contributed by atoms with E-state index in [1.54, 1.807) is 0 Å². The lowest BCUT2D eigenvalue weighted by Gasteiger charge is -2.29. The Bertz CT molecular complexity index is 376. The number of benzene rings is 1. The highest BCUT2D eigenvalue weighted by atomic mass is 15.2. The lowest BCUT2D eigenvalue weighted by molar-refractivity contribution is 0.198. The van der Waals surface area contributed by atoms with Crippen LogP contribution in [-0.4, -0.2) is 30.6 Å². The van der Waals surface area contributed by atoms with E-state index >= 15 is 0 Å². The molecule has 0 amide bonds. The van der Waals surface area contributed by atoms with Crippen molar-refractivity contribution in [2.45, 2.75) is 37.6 Å². The minimum Gasteiger partial charge on any atom is -0.330 e. The van der Waals surface area contributed by atoms with Crippen molar-refractivity contribution in [2.75, 3.05) is 19.6 Å². The van der Waals surface area contributed by atoms with E-state index in [4.69, 9.17) is 5.73 Å². The first-order valence-corrected chi connectivity index (χ1v) is 7.37. The van der Waals surface area contributed by atoms with Crippen molar-refractivity contribution in [3.63, 3.8) is 0 Å². The van der Waals surface area contributed by atoms with Gasteiger partial charge in [0, 0.05) is 12.6 Å². The molecule has 0 radical (unpaired) electrons. The first-order valence-electron chi connectivity index (χ1n) is 7.37. The maximum absolute atomic E-state index is 5.91. The molecular weight excluding hydrogens is 220 g/mol. The smallest absolute Gasteiger partial charge is 0.0136 e. The van der Waals surface area contributed by atoms with E-state index < -0.39 is 0 Å². The molecule has 3 atom stereocenters. The topological polar surface area (TPSA) is 29.3 Å². The Morgan fingerprint density at radius 1 is 1.11 bits per heavy atom. The average Bonchev–Trinajstić information content (AvgIpc) is 3.08. The molecule has 98 valence electrons. The van der Waals surface area contributed by atoms with Gasteiger partial charge in [-0.15, -0.1) is 0 Å². The molecule has 1 saturated heterocycles. The van der Waals surface area contributed by atoms with Crippen molar-refractivity contribution in [3.05, 3.63) is 35.9 Å². The Balaban J connectivity index is 1.65. The summed E-state index contributed by atoms with van der Waals surface area (Å²) in [7, 11) is 0. The highest BCUT2D eigenvalue weighted by Gasteiger charge is 2.35. The molecule has 1 aliphatic carbocycles. The molecule has 18 heavy (non-hydrogen) atoms. The van der Waals surface area contributed by atoms with Gasteiger partial charge in [-0.1, -0.05) is 36.8 Å². The maximum atomic E-state index is 5.91. The van der Waals surface area contributed by atoms with Crippen molar-refractivity contribution in [1.82, 2.24) is 4.90 Å². The third-order valence-electron chi connectivity index (χ3n) is 4.88. The quantitative estimate of drug-likeness (QED) is 0.885. The lowest BCUT2D eigenvalue weighted by Crippen LogP contribution is -2.38. The summed E-state index contributed by atoms with van der Waals surface area (Å²) < 4.78 is 0. The van der Waals surface area contributed by atoms with Crippen LogP contribution in [0.15, 0.2) is 30.3 Å². The van der Waals surface area contributed by atoms with Gasteiger partial charge in [0.25, 0.3) is 0 Å². The van der Waals surface area contributed by atoms with Crippen LogP contribution in [0.1, 0.15) is 37.2 Å². The van der Waals surface area contributed by atoms with Crippen LogP contribution >= 0.6 is 0 Å². The van der Waals surface area contributed by atoms with Gasteiger partial charge < -0.3 is 5.73 Å². The molecule has 2 aliphatic rings. The second kappa shape index (κ2) is 5.41. The van der Waals surface area contributed by atoms with E-state index in [-0.39, 0.29) is 0 Å². The first-order chi connectivity index (χ1) is 8.88. The average molecular weight is 244 g/mol. The number of likely N-dealkylation sites (tertiary alicyclic amines) is 1. The van der Waals surface area contributed by atoms with E-state index in [0.29, 0.717) is 0 Å². The third-order valence-corrected chi connectivity index (χ3v) is 4.88. The number of nitrogens with two attached hydrogens (primary N) is 1. The van der Waals surface area contributed by atoms with Gasteiger partial charge in [-0.2, -0.15) is 0 Å². The van der Waals surface area contributed by atoms with Gasteiger partial charge in [0.15, 0.2) is 0 Å². The van der Waals surface area contributed by atoms with E-state index in [1.807, 2.05) is 0 Å². The number of rotatable bonds is 3. The molecule has 1 aliphatic heterocycles. The van der Waals surface area contributed by atoms with E-state index in [1.165, 1.54) is 44.3 Å². The number of hydrogen-bond acceptors (Lipinski definition) is 2. The molecule has 0 aromatic heterocycles. The number of hydrogen-bond donors (Lipinski definition) is 1. The fourth-order valence-electron chi connectivity index (χ4n) is 3.86. The van der Waals surface area contributed by atoms with Crippen molar-refractivity contribution in [2.24, 2.45) is 11.7 Å². The Kier molecular flexibility index (Phi) is 3.67. The minimum absolute atomic E-state index is 0.741. The second-order valence-corrected chi connectivity index (χ2v) is 5.89. The normalized spacial score (nSPS) is 33.1. The fraction of sp³-hybridized carbons (Fsp3) is 0.625. The number of nitrogens with zero attached hydrogens (tertiary/aromatic N) is 1.